The molecule has 0 fully saturated rings. The zero-order valence-corrected chi connectivity index (χ0v) is 12.5. The first kappa shape index (κ1) is 15.8. The van der Waals surface area contributed by atoms with Crippen LogP contribution in [0, 0.1) is 0 Å². The van der Waals surface area contributed by atoms with Gasteiger partial charge in [-0.3, -0.25) is 0 Å². The van der Waals surface area contributed by atoms with E-state index in [0.717, 1.165) is 36.7 Å². The van der Waals surface area contributed by atoms with Crippen molar-refractivity contribution in [2.24, 2.45) is 0 Å². The predicted molar refractivity (Wildman–Crippen MR) is 79.0 cm³/mol. The van der Waals surface area contributed by atoms with E-state index in [1.165, 1.54) is 12.8 Å². The average molecular weight is 266 g/mol. The number of methoxy groups -OCH3 is 2. The maximum absolute atomic E-state index is 5.40. The van der Waals surface area contributed by atoms with Crippen LogP contribution in [0.15, 0.2) is 18.2 Å². The van der Waals surface area contributed by atoms with Gasteiger partial charge in [-0.2, -0.15) is 0 Å². The van der Waals surface area contributed by atoms with E-state index in [-0.39, 0.29) is 0 Å². The number of unbranched alkanes of at least 4 members (excludes halogenated alkanes) is 1. The van der Waals surface area contributed by atoms with Gasteiger partial charge in [0.25, 0.3) is 0 Å². The summed E-state index contributed by atoms with van der Waals surface area (Å²) in [7, 11) is 7.52. The summed E-state index contributed by atoms with van der Waals surface area (Å²) >= 11 is 0. The van der Waals surface area contributed by atoms with E-state index in [2.05, 4.69) is 17.3 Å². The summed E-state index contributed by atoms with van der Waals surface area (Å²) < 4.78 is 10.7. The molecule has 4 heteroatoms. The Morgan fingerprint density at radius 2 is 1.95 bits per heavy atom. The van der Waals surface area contributed by atoms with Crippen molar-refractivity contribution in [2.75, 3.05) is 41.4 Å². The van der Waals surface area contributed by atoms with Crippen molar-refractivity contribution >= 4 is 0 Å². The van der Waals surface area contributed by atoms with Crippen LogP contribution in [-0.2, 0) is 6.54 Å². The zero-order chi connectivity index (χ0) is 14.1. The van der Waals surface area contributed by atoms with Crippen LogP contribution < -0.4 is 14.8 Å². The molecule has 0 saturated carbocycles. The molecule has 0 aliphatic heterocycles. The summed E-state index contributed by atoms with van der Waals surface area (Å²) in [6, 6.07) is 5.93. The van der Waals surface area contributed by atoms with Crippen LogP contribution in [0.3, 0.4) is 0 Å². The van der Waals surface area contributed by atoms with Crippen molar-refractivity contribution in [3.8, 4) is 11.5 Å². The highest BCUT2D eigenvalue weighted by molar-refractivity contribution is 5.40. The molecule has 4 nitrogen and oxygen atoms in total. The molecule has 0 amide bonds. The lowest BCUT2D eigenvalue weighted by Gasteiger charge is -2.19. The van der Waals surface area contributed by atoms with Gasteiger partial charge >= 0.3 is 0 Å². The maximum Gasteiger partial charge on any atom is 0.123 e. The van der Waals surface area contributed by atoms with Crippen molar-refractivity contribution in [3.05, 3.63) is 23.8 Å². The molecule has 0 unspecified atom stereocenters. The molecule has 0 aliphatic carbocycles. The van der Waals surface area contributed by atoms with Crippen molar-refractivity contribution in [1.82, 2.24) is 10.2 Å². The lowest BCUT2D eigenvalue weighted by atomic mass is 10.1. The van der Waals surface area contributed by atoms with Crippen LogP contribution in [0.4, 0.5) is 0 Å². The van der Waals surface area contributed by atoms with Crippen molar-refractivity contribution in [1.29, 1.82) is 0 Å². The molecule has 0 heterocycles. The number of rotatable bonds is 9. The number of benzene rings is 1. The fourth-order valence-corrected chi connectivity index (χ4v) is 2.06. The highest BCUT2D eigenvalue weighted by Crippen LogP contribution is 2.24. The second-order valence-electron chi connectivity index (χ2n) is 4.73. The minimum absolute atomic E-state index is 0.874. The number of nitrogens with one attached hydrogen (secondary N) is 1. The summed E-state index contributed by atoms with van der Waals surface area (Å²) in [4.78, 5) is 2.31. The molecule has 0 aliphatic rings. The van der Waals surface area contributed by atoms with Crippen molar-refractivity contribution in [2.45, 2.75) is 19.4 Å². The molecule has 0 radical (unpaired) electrons. The molecule has 0 spiro atoms. The first-order valence-electron chi connectivity index (χ1n) is 6.75. The molecule has 0 aromatic heterocycles. The molecule has 0 saturated heterocycles. The quantitative estimate of drug-likeness (QED) is 0.694. The van der Waals surface area contributed by atoms with E-state index in [0.29, 0.717) is 0 Å². The highest BCUT2D eigenvalue weighted by Gasteiger charge is 2.07. The molecular formula is C15H26N2O2. The standard InChI is InChI=1S/C15H26N2O2/c1-16-9-5-6-10-17(2)12-13-11-14(18-3)7-8-15(13)19-4/h7-8,11,16H,5-6,9-10,12H2,1-4H3. The van der Waals surface area contributed by atoms with Gasteiger partial charge in [0.1, 0.15) is 11.5 Å². The third kappa shape index (κ3) is 5.49. The lowest BCUT2D eigenvalue weighted by molar-refractivity contribution is 0.309. The Hall–Kier alpha value is -1.26. The SMILES string of the molecule is CNCCCCN(C)Cc1cc(OC)ccc1OC. The monoisotopic (exact) mass is 266 g/mol. The highest BCUT2D eigenvalue weighted by atomic mass is 16.5. The van der Waals surface area contributed by atoms with Crippen LogP contribution in [-0.4, -0.2) is 46.3 Å². The molecular weight excluding hydrogens is 240 g/mol. The van der Waals surface area contributed by atoms with Gasteiger partial charge in [-0.25, -0.2) is 0 Å². The van der Waals surface area contributed by atoms with Crippen LogP contribution in [0.1, 0.15) is 18.4 Å². The summed E-state index contributed by atoms with van der Waals surface area (Å²) in [6.45, 7) is 3.04. The Bertz CT molecular complexity index is 369. The smallest absolute Gasteiger partial charge is 0.123 e. The summed E-state index contributed by atoms with van der Waals surface area (Å²) in [5, 5.41) is 3.17. The maximum atomic E-state index is 5.40. The number of ether oxygens (including phenoxy) is 2. The Balaban J connectivity index is 2.54. The van der Waals surface area contributed by atoms with Crippen molar-refractivity contribution in [3.63, 3.8) is 0 Å². The van der Waals surface area contributed by atoms with E-state index < -0.39 is 0 Å². The van der Waals surface area contributed by atoms with E-state index in [4.69, 9.17) is 9.47 Å². The number of hydrogen-bond acceptors (Lipinski definition) is 4. The second-order valence-corrected chi connectivity index (χ2v) is 4.73. The third-order valence-electron chi connectivity index (χ3n) is 3.14. The third-order valence-corrected chi connectivity index (χ3v) is 3.14. The van der Waals surface area contributed by atoms with Crippen molar-refractivity contribution < 1.29 is 9.47 Å². The van der Waals surface area contributed by atoms with E-state index in [9.17, 15) is 0 Å². The van der Waals surface area contributed by atoms with Gasteiger partial charge in [0.2, 0.25) is 0 Å². The largest absolute Gasteiger partial charge is 0.497 e. The normalized spacial score (nSPS) is 10.8. The summed E-state index contributed by atoms with van der Waals surface area (Å²) in [5.74, 6) is 1.79. The average Bonchev–Trinajstić information content (AvgIpc) is 2.43. The fraction of sp³-hybridized carbons (Fsp3) is 0.600. The van der Waals surface area contributed by atoms with Gasteiger partial charge in [0.05, 0.1) is 14.2 Å². The zero-order valence-electron chi connectivity index (χ0n) is 12.5. The van der Waals surface area contributed by atoms with Gasteiger partial charge in [0.15, 0.2) is 0 Å². The van der Waals surface area contributed by atoms with Gasteiger partial charge in [-0.1, -0.05) is 0 Å². The molecule has 108 valence electrons. The van der Waals surface area contributed by atoms with Crippen LogP contribution >= 0.6 is 0 Å². The second kappa shape index (κ2) is 8.77. The molecule has 1 rings (SSSR count). The topological polar surface area (TPSA) is 33.7 Å². The lowest BCUT2D eigenvalue weighted by Crippen LogP contribution is -2.20. The Kier molecular flexibility index (Phi) is 7.30. The fourth-order valence-electron chi connectivity index (χ4n) is 2.06. The predicted octanol–water partition coefficient (Wildman–Crippen LogP) is 2.14. The Labute approximate surface area is 116 Å². The Morgan fingerprint density at radius 1 is 1.16 bits per heavy atom. The Morgan fingerprint density at radius 3 is 2.58 bits per heavy atom. The molecule has 1 aromatic rings. The van der Waals surface area contributed by atoms with E-state index in [1.54, 1.807) is 14.2 Å². The van der Waals surface area contributed by atoms with Gasteiger partial charge < -0.3 is 19.7 Å². The summed E-state index contributed by atoms with van der Waals surface area (Å²) in [5.41, 5.74) is 1.16. The number of hydrogen-bond donors (Lipinski definition) is 1. The minimum atomic E-state index is 0.874. The van der Waals surface area contributed by atoms with Gasteiger partial charge in [-0.15, -0.1) is 0 Å². The van der Waals surface area contributed by atoms with Gasteiger partial charge in [0, 0.05) is 12.1 Å². The first-order chi connectivity index (χ1) is 9.21. The van der Waals surface area contributed by atoms with Crippen LogP contribution in [0.5, 0.6) is 11.5 Å². The molecule has 1 N–H and O–H groups in total. The molecule has 1 aromatic carbocycles. The molecule has 0 atom stereocenters. The first-order valence-corrected chi connectivity index (χ1v) is 6.75. The van der Waals surface area contributed by atoms with E-state index >= 15 is 0 Å². The van der Waals surface area contributed by atoms with Crippen LogP contribution in [0.2, 0.25) is 0 Å². The molecule has 19 heavy (non-hydrogen) atoms. The number of nitrogens with zero attached hydrogens (tertiary/aromatic N) is 1. The van der Waals surface area contributed by atoms with Gasteiger partial charge in [-0.05, 0) is 58.2 Å². The minimum Gasteiger partial charge on any atom is -0.497 e. The summed E-state index contributed by atoms with van der Waals surface area (Å²) in [6.07, 6.45) is 2.40. The molecule has 0 bridgehead atoms. The van der Waals surface area contributed by atoms with E-state index in [1.807, 2.05) is 25.2 Å². The van der Waals surface area contributed by atoms with Crippen LogP contribution in [0.25, 0.3) is 0 Å².